The van der Waals surface area contributed by atoms with E-state index in [4.69, 9.17) is 14.2 Å². The van der Waals surface area contributed by atoms with Gasteiger partial charge in [-0.3, -0.25) is 19.1 Å². The highest BCUT2D eigenvalue weighted by Gasteiger charge is 2.64. The average Bonchev–Trinajstić information content (AvgIpc) is 4.08. The summed E-state index contributed by atoms with van der Waals surface area (Å²) in [6.45, 7) is 4.45. The maximum atomic E-state index is 14.8. The Hall–Kier alpha value is -4.82. The quantitative estimate of drug-likeness (QED) is 0.190. The number of aromatic nitrogens is 1. The normalized spacial score (nSPS) is 28.6. The van der Waals surface area contributed by atoms with Crippen molar-refractivity contribution in [2.45, 2.75) is 126 Å². The van der Waals surface area contributed by atoms with Crippen molar-refractivity contribution in [3.05, 3.63) is 42.1 Å². The van der Waals surface area contributed by atoms with Gasteiger partial charge in [-0.1, -0.05) is 26.0 Å². The zero-order chi connectivity index (χ0) is 45.8. The summed E-state index contributed by atoms with van der Waals surface area (Å²) >= 11 is 0. The summed E-state index contributed by atoms with van der Waals surface area (Å²) < 4.78 is 128. The molecule has 4 aliphatic rings. The van der Waals surface area contributed by atoms with Crippen molar-refractivity contribution in [3.8, 4) is 11.6 Å². The summed E-state index contributed by atoms with van der Waals surface area (Å²) in [5.41, 5.74) is -5.24. The van der Waals surface area contributed by atoms with Gasteiger partial charge < -0.3 is 29.7 Å². The molecule has 14 nitrogen and oxygen atoms in total. The van der Waals surface area contributed by atoms with Crippen LogP contribution in [-0.4, -0.2) is 102 Å². The number of rotatable bonds is 10. The first-order chi connectivity index (χ1) is 28.8. The number of sulfonamides is 1. The number of methoxy groups -OCH3 is 1. The third-order valence-corrected chi connectivity index (χ3v) is 14.7. The Bertz CT molecular complexity index is 2230. The first-order valence-corrected chi connectivity index (χ1v) is 21.8. The SMILES string of the molecule is COc1ccc2c(O[C@@H]3C[C@H]4C(=O)N[C@]5(C(=O)NS(=O)(=O)C6(CF)CC6)C[C@H]5/C=C\CC[C@@H](C)C[C@@H](C)[C@H](NC(=O)OC(C)(C)C(C)(F)F)C(=O)N4C3)ncc(C(F)(F)F)c2c1. The number of amides is 4. The first kappa shape index (κ1) is 46.7. The fraction of sp³-hybridized carbons (Fsp3) is 0.634. The van der Waals surface area contributed by atoms with E-state index >= 15 is 0 Å². The lowest BCUT2D eigenvalue weighted by molar-refractivity contribution is -0.152. The maximum Gasteiger partial charge on any atom is 0.418 e. The highest BCUT2D eigenvalue weighted by Crippen LogP contribution is 2.48. The molecule has 7 atom stereocenters. The van der Waals surface area contributed by atoms with Crippen molar-refractivity contribution in [1.29, 1.82) is 0 Å². The van der Waals surface area contributed by atoms with Gasteiger partial charge in [0.25, 0.3) is 11.8 Å². The predicted octanol–water partition coefficient (Wildman–Crippen LogP) is 5.97. The molecule has 342 valence electrons. The van der Waals surface area contributed by atoms with Crippen LogP contribution in [0.4, 0.5) is 31.1 Å². The number of nitrogens with zero attached hydrogens (tertiary/aromatic N) is 2. The molecule has 3 N–H and O–H groups in total. The lowest BCUT2D eigenvalue weighted by Gasteiger charge is -2.35. The van der Waals surface area contributed by atoms with Gasteiger partial charge in [-0.05, 0) is 82.4 Å². The maximum absolute atomic E-state index is 14.8. The molecular weight excluding hydrogens is 853 g/mol. The zero-order valence-electron chi connectivity index (χ0n) is 35.0. The molecule has 21 heteroatoms. The molecule has 1 saturated heterocycles. The molecule has 0 spiro atoms. The van der Waals surface area contributed by atoms with Crippen LogP contribution in [0.5, 0.6) is 11.6 Å². The highest BCUT2D eigenvalue weighted by atomic mass is 32.2. The number of hydrogen-bond donors (Lipinski definition) is 3. The number of pyridine rings is 1. The second-order valence-corrected chi connectivity index (χ2v) is 19.7. The largest absolute Gasteiger partial charge is 0.497 e. The number of alkyl carbamates (subject to hydrolysis) is 1. The Morgan fingerprint density at radius 2 is 1.74 bits per heavy atom. The second kappa shape index (κ2) is 16.7. The lowest BCUT2D eigenvalue weighted by Crippen LogP contribution is -2.60. The van der Waals surface area contributed by atoms with Gasteiger partial charge in [0.1, 0.15) is 40.9 Å². The molecule has 6 rings (SSSR count). The molecule has 2 saturated carbocycles. The topological polar surface area (TPSA) is 182 Å². The third kappa shape index (κ3) is 9.27. The van der Waals surface area contributed by atoms with Gasteiger partial charge in [0.2, 0.25) is 27.7 Å². The summed E-state index contributed by atoms with van der Waals surface area (Å²) in [6, 6.07) is 0.861. The standard InChI is InChI=1S/C41H51F6N5O9S/c1-22-9-7-8-10-24-18-40(24,35(55)51-62(57,58)39(21-42)13-14-39)50-32(53)30-17-26(60-33-27-12-11-25(59-6)16-28(27)29(19-48-33)41(45,46)47)20-52(30)34(54)31(23(2)15-22)49-36(56)61-37(3,4)38(5,43)44/h8,10-12,16,19,22-24,26,30-31H,7,9,13-15,17-18,20-21H2,1-6H3,(H,49,56)(H,50,53)(H,51,55)/b10-8-/t22-,23-,24-,26-,30+,31+,40-/m1/s1. The number of allylic oxidation sites excluding steroid dienone is 1. The van der Waals surface area contributed by atoms with Gasteiger partial charge >= 0.3 is 12.3 Å². The monoisotopic (exact) mass is 903 g/mol. The first-order valence-electron chi connectivity index (χ1n) is 20.3. The zero-order valence-corrected chi connectivity index (χ0v) is 35.9. The number of carbonyl (C=O) groups is 4. The van der Waals surface area contributed by atoms with Crippen LogP contribution in [0.25, 0.3) is 10.8 Å². The second-order valence-electron chi connectivity index (χ2n) is 17.6. The van der Waals surface area contributed by atoms with E-state index < -0.39 is 111 Å². The van der Waals surface area contributed by atoms with Crippen molar-refractivity contribution >= 4 is 44.6 Å². The molecular formula is C41H51F6N5O9S. The van der Waals surface area contributed by atoms with Crippen LogP contribution in [0.15, 0.2) is 36.5 Å². The van der Waals surface area contributed by atoms with Crippen LogP contribution in [0, 0.1) is 17.8 Å². The molecule has 2 aliphatic carbocycles. The van der Waals surface area contributed by atoms with Crippen molar-refractivity contribution in [2.75, 3.05) is 20.3 Å². The Morgan fingerprint density at radius 1 is 1.05 bits per heavy atom. The summed E-state index contributed by atoms with van der Waals surface area (Å²) in [4.78, 5) is 61.6. The van der Waals surface area contributed by atoms with Gasteiger partial charge in [-0.15, -0.1) is 0 Å². The van der Waals surface area contributed by atoms with Gasteiger partial charge in [0.05, 0.1) is 19.2 Å². The smallest absolute Gasteiger partial charge is 0.418 e. The molecule has 0 unspecified atom stereocenters. The number of hydrogen-bond acceptors (Lipinski definition) is 10. The molecule has 0 radical (unpaired) electrons. The van der Waals surface area contributed by atoms with Crippen molar-refractivity contribution in [2.24, 2.45) is 17.8 Å². The molecule has 1 aromatic carbocycles. The Labute approximate surface area is 354 Å². The summed E-state index contributed by atoms with van der Waals surface area (Å²) in [6.07, 6.45) is -2.36. The van der Waals surface area contributed by atoms with Crippen LogP contribution in [-0.2, 0) is 35.3 Å². The number of benzene rings is 1. The fourth-order valence-electron chi connectivity index (χ4n) is 8.03. The van der Waals surface area contributed by atoms with Crippen molar-refractivity contribution in [3.63, 3.8) is 0 Å². The van der Waals surface area contributed by atoms with E-state index in [0.717, 1.165) is 24.8 Å². The number of carbonyl (C=O) groups excluding carboxylic acids is 4. The van der Waals surface area contributed by atoms with E-state index in [1.54, 1.807) is 19.1 Å². The van der Waals surface area contributed by atoms with E-state index in [0.29, 0.717) is 32.4 Å². The molecule has 2 aromatic rings. The molecule has 0 bridgehead atoms. The highest BCUT2D eigenvalue weighted by molar-refractivity contribution is 7.91. The van der Waals surface area contributed by atoms with Crippen LogP contribution in [0.2, 0.25) is 0 Å². The van der Waals surface area contributed by atoms with Crippen LogP contribution in [0.3, 0.4) is 0 Å². The van der Waals surface area contributed by atoms with E-state index in [1.807, 2.05) is 11.6 Å². The molecule has 62 heavy (non-hydrogen) atoms. The Balaban J connectivity index is 1.38. The van der Waals surface area contributed by atoms with Crippen LogP contribution in [0.1, 0.15) is 85.1 Å². The number of fused-ring (bicyclic) bond motifs is 3. The van der Waals surface area contributed by atoms with E-state index in [1.165, 1.54) is 19.2 Å². The molecule has 1 aromatic heterocycles. The third-order valence-electron chi connectivity index (χ3n) is 12.6. The van der Waals surface area contributed by atoms with Crippen molar-refractivity contribution < 1.29 is 68.1 Å². The van der Waals surface area contributed by atoms with E-state index in [2.05, 4.69) is 15.6 Å². The van der Waals surface area contributed by atoms with Gasteiger partial charge in [-0.2, -0.15) is 13.2 Å². The van der Waals surface area contributed by atoms with E-state index in [9.17, 15) is 53.9 Å². The minimum Gasteiger partial charge on any atom is -0.497 e. The summed E-state index contributed by atoms with van der Waals surface area (Å²) in [7, 11) is -3.24. The van der Waals surface area contributed by atoms with Crippen LogP contribution < -0.4 is 24.8 Å². The number of ether oxygens (including phenoxy) is 3. The minimum atomic E-state index is -4.82. The van der Waals surface area contributed by atoms with Crippen LogP contribution >= 0.6 is 0 Å². The van der Waals surface area contributed by atoms with Gasteiger partial charge in [0, 0.05) is 36.2 Å². The summed E-state index contributed by atoms with van der Waals surface area (Å²) in [5.74, 6) is -8.09. The number of halogens is 6. The van der Waals surface area contributed by atoms with E-state index in [-0.39, 0.29) is 54.0 Å². The lowest BCUT2D eigenvalue weighted by atomic mass is 9.88. The van der Waals surface area contributed by atoms with Gasteiger partial charge in [0.15, 0.2) is 5.60 Å². The molecule has 4 amide bonds. The summed E-state index contributed by atoms with van der Waals surface area (Å²) in [5, 5.41) is 4.70. The number of nitrogens with one attached hydrogen (secondary N) is 3. The Kier molecular flexibility index (Phi) is 12.6. The minimum absolute atomic E-state index is 0.0102. The van der Waals surface area contributed by atoms with Gasteiger partial charge in [-0.25, -0.2) is 31.4 Å². The molecule has 3 heterocycles. The van der Waals surface area contributed by atoms with Crippen molar-refractivity contribution in [1.82, 2.24) is 25.2 Å². The molecule has 2 aliphatic heterocycles. The molecule has 3 fully saturated rings. The average molecular weight is 904 g/mol. The Morgan fingerprint density at radius 3 is 2.35 bits per heavy atom. The fourth-order valence-corrected chi connectivity index (χ4v) is 9.45. The predicted molar refractivity (Wildman–Crippen MR) is 211 cm³/mol. The number of alkyl halides is 6.